The summed E-state index contributed by atoms with van der Waals surface area (Å²) in [4.78, 5) is 24.3. The minimum atomic E-state index is -5.00. The van der Waals surface area contributed by atoms with Crippen LogP contribution in [0.3, 0.4) is 0 Å². The van der Waals surface area contributed by atoms with Crippen molar-refractivity contribution in [2.45, 2.75) is 44.7 Å². The second kappa shape index (κ2) is 12.9. The molecule has 0 aromatic heterocycles. The van der Waals surface area contributed by atoms with Crippen LogP contribution in [0.1, 0.15) is 53.2 Å². The van der Waals surface area contributed by atoms with Gasteiger partial charge in [-0.15, -0.1) is 0 Å². The number of benzene rings is 2. The minimum Gasteiger partial charge on any atom is -0.336 e. The Morgan fingerprint density at radius 3 is 2.11 bits per heavy atom. The van der Waals surface area contributed by atoms with Crippen LogP contribution in [0.25, 0.3) is 6.08 Å². The van der Waals surface area contributed by atoms with Gasteiger partial charge in [0, 0.05) is 6.42 Å². The number of carbonyl (C=O) groups is 2. The first-order valence-corrected chi connectivity index (χ1v) is 12.0. The summed E-state index contributed by atoms with van der Waals surface area (Å²) in [5.41, 5.74) is -2.76. The number of allylic oxidation sites excluding steroid dienone is 2. The maximum Gasteiger partial charge on any atom is 0.417 e. The Kier molecular flexibility index (Phi) is 10.7. The fourth-order valence-corrected chi connectivity index (χ4v) is 3.92. The smallest absolute Gasteiger partial charge is 0.336 e. The second-order valence-corrected chi connectivity index (χ2v) is 9.21. The van der Waals surface area contributed by atoms with E-state index in [0.29, 0.717) is 12.1 Å². The van der Waals surface area contributed by atoms with Gasteiger partial charge in [-0.3, -0.25) is 9.59 Å². The molecule has 0 fully saturated rings. The van der Waals surface area contributed by atoms with Crippen LogP contribution >= 0.6 is 34.8 Å². The number of amides is 2. The number of hydrogen-bond acceptors (Lipinski definition) is 2. The molecule has 2 aromatic carbocycles. The van der Waals surface area contributed by atoms with Gasteiger partial charge >= 0.3 is 12.4 Å². The predicted octanol–water partition coefficient (Wildman–Crippen LogP) is 8.18. The third-order valence-corrected chi connectivity index (χ3v) is 6.25. The first-order chi connectivity index (χ1) is 17.5. The number of hydrogen-bond donors (Lipinski definition) is 2. The van der Waals surface area contributed by atoms with E-state index >= 15 is 0 Å². The first-order valence-electron chi connectivity index (χ1n) is 10.9. The minimum absolute atomic E-state index is 0.0128. The summed E-state index contributed by atoms with van der Waals surface area (Å²) < 4.78 is 82.5. The molecule has 2 N–H and O–H groups in total. The maximum absolute atomic E-state index is 13.8. The van der Waals surface area contributed by atoms with Gasteiger partial charge in [0.25, 0.3) is 5.91 Å². The Labute approximate surface area is 229 Å². The summed E-state index contributed by atoms with van der Waals surface area (Å²) in [6.45, 7) is 3.06. The molecule has 0 aliphatic rings. The Morgan fingerprint density at radius 2 is 1.58 bits per heavy atom. The maximum atomic E-state index is 13.8. The molecule has 2 rings (SSSR count). The number of alkyl halides is 6. The van der Waals surface area contributed by atoms with Crippen LogP contribution in [-0.2, 0) is 11.0 Å². The van der Waals surface area contributed by atoms with Crippen LogP contribution in [0.15, 0.2) is 48.6 Å². The zero-order chi connectivity index (χ0) is 28.8. The van der Waals surface area contributed by atoms with Gasteiger partial charge in [0.05, 0.1) is 38.3 Å². The van der Waals surface area contributed by atoms with Crippen LogP contribution in [-0.4, -0.2) is 24.2 Å². The van der Waals surface area contributed by atoms with Crippen LogP contribution in [0.5, 0.6) is 0 Å². The summed E-state index contributed by atoms with van der Waals surface area (Å²) in [7, 11) is 0. The van der Waals surface area contributed by atoms with Crippen LogP contribution in [0.4, 0.5) is 26.3 Å². The lowest BCUT2D eigenvalue weighted by Gasteiger charge is -2.19. The van der Waals surface area contributed by atoms with Gasteiger partial charge in [0.1, 0.15) is 0 Å². The normalized spacial score (nSPS) is 14.1. The number of halogens is 9. The molecule has 0 bridgehead atoms. The average Bonchev–Trinajstić information content (AvgIpc) is 2.79. The van der Waals surface area contributed by atoms with Gasteiger partial charge < -0.3 is 10.6 Å². The molecular formula is C25H21Cl3F6N2O2. The third kappa shape index (κ3) is 8.68. The summed E-state index contributed by atoms with van der Waals surface area (Å²) in [6.07, 6.45) is -6.15. The van der Waals surface area contributed by atoms with Crippen molar-refractivity contribution in [1.29, 1.82) is 0 Å². The standard InChI is InChI=1S/C25H21Cl3F6N2O2/c1-3-4-5-21(37)35-13(2)36-23(38)16-8-6-14(10-18(16)25(32,33)34)7-9-17(24(29,30)31)15-11-19(26)22(28)20(27)12-15/h3-4,6-13,17H,5H2,1-2H3,(H,35,37)(H,36,38)/b4-3+,9-7+/t13-,17?/m1/s1. The molecule has 2 atom stereocenters. The Morgan fingerprint density at radius 1 is 0.974 bits per heavy atom. The van der Waals surface area contributed by atoms with Crippen molar-refractivity contribution in [1.82, 2.24) is 10.6 Å². The highest BCUT2D eigenvalue weighted by atomic mass is 35.5. The van der Waals surface area contributed by atoms with E-state index in [1.165, 1.54) is 6.92 Å². The van der Waals surface area contributed by atoms with Gasteiger partial charge in [-0.05, 0) is 49.2 Å². The van der Waals surface area contributed by atoms with Crippen molar-refractivity contribution in [3.05, 3.63) is 85.9 Å². The predicted molar refractivity (Wildman–Crippen MR) is 135 cm³/mol. The fourth-order valence-electron chi connectivity index (χ4n) is 3.31. The van der Waals surface area contributed by atoms with Crippen LogP contribution in [0.2, 0.25) is 15.1 Å². The Bertz CT molecular complexity index is 1220. The van der Waals surface area contributed by atoms with Crippen LogP contribution < -0.4 is 10.6 Å². The molecule has 2 amide bonds. The monoisotopic (exact) mass is 600 g/mol. The molecule has 2 aromatic rings. The molecule has 0 aliphatic carbocycles. The molecule has 206 valence electrons. The molecule has 38 heavy (non-hydrogen) atoms. The molecule has 0 heterocycles. The molecule has 1 unspecified atom stereocenters. The molecular weight excluding hydrogens is 581 g/mol. The van der Waals surface area contributed by atoms with Crippen molar-refractivity contribution in [3.63, 3.8) is 0 Å². The highest BCUT2D eigenvalue weighted by Crippen LogP contribution is 2.41. The van der Waals surface area contributed by atoms with Crippen LogP contribution in [0, 0.1) is 0 Å². The van der Waals surface area contributed by atoms with E-state index in [1.807, 2.05) is 0 Å². The number of rotatable bonds is 8. The molecule has 4 nitrogen and oxygen atoms in total. The lowest BCUT2D eigenvalue weighted by Crippen LogP contribution is -2.46. The lowest BCUT2D eigenvalue weighted by atomic mass is 9.96. The van der Waals surface area contributed by atoms with Crippen molar-refractivity contribution >= 4 is 52.7 Å². The molecule has 0 saturated carbocycles. The number of nitrogens with one attached hydrogen (secondary N) is 2. The molecule has 13 heteroatoms. The first kappa shape index (κ1) is 31.5. The molecule has 0 aliphatic heterocycles. The summed E-state index contributed by atoms with van der Waals surface area (Å²) in [5, 5.41) is 4.07. The van der Waals surface area contributed by atoms with E-state index in [2.05, 4.69) is 10.6 Å². The van der Waals surface area contributed by atoms with Crippen molar-refractivity contribution in [3.8, 4) is 0 Å². The summed E-state index contributed by atoms with van der Waals surface area (Å²) >= 11 is 17.5. The Balaban J connectivity index is 2.37. The summed E-state index contributed by atoms with van der Waals surface area (Å²) in [6, 6.07) is 4.38. The van der Waals surface area contributed by atoms with Crippen molar-refractivity contribution < 1.29 is 35.9 Å². The topological polar surface area (TPSA) is 58.2 Å². The van der Waals surface area contributed by atoms with Gasteiger partial charge in [0.2, 0.25) is 5.91 Å². The van der Waals surface area contributed by atoms with Gasteiger partial charge in [0.15, 0.2) is 0 Å². The van der Waals surface area contributed by atoms with E-state index in [-0.39, 0.29) is 32.6 Å². The Hall–Kier alpha value is -2.69. The highest BCUT2D eigenvalue weighted by Gasteiger charge is 2.40. The molecule has 0 radical (unpaired) electrons. The number of carbonyl (C=O) groups excluding carboxylic acids is 2. The van der Waals surface area contributed by atoms with E-state index < -0.39 is 47.4 Å². The molecule has 0 spiro atoms. The quantitative estimate of drug-likeness (QED) is 0.139. The third-order valence-electron chi connectivity index (χ3n) is 5.06. The van der Waals surface area contributed by atoms with Gasteiger partial charge in [-0.25, -0.2) is 0 Å². The van der Waals surface area contributed by atoms with Gasteiger partial charge in [-0.2, -0.15) is 26.3 Å². The van der Waals surface area contributed by atoms with E-state index in [4.69, 9.17) is 34.8 Å². The SMILES string of the molecule is C/C=C/CC(=O)N[C@@H](C)NC(=O)c1ccc(/C=C/C(c2cc(Cl)c(Cl)c(Cl)c2)C(F)(F)F)cc1C(F)(F)F. The van der Waals surface area contributed by atoms with Crippen molar-refractivity contribution in [2.75, 3.05) is 0 Å². The molecule has 0 saturated heterocycles. The lowest BCUT2D eigenvalue weighted by molar-refractivity contribution is -0.139. The highest BCUT2D eigenvalue weighted by molar-refractivity contribution is 6.48. The van der Waals surface area contributed by atoms with Gasteiger partial charge in [-0.1, -0.05) is 65.2 Å². The summed E-state index contributed by atoms with van der Waals surface area (Å²) in [5.74, 6) is -3.86. The van der Waals surface area contributed by atoms with E-state index in [0.717, 1.165) is 30.3 Å². The largest absolute Gasteiger partial charge is 0.417 e. The zero-order valence-corrected chi connectivity index (χ0v) is 22.0. The fraction of sp³-hybridized carbons (Fsp3) is 0.280. The average molecular weight is 602 g/mol. The van der Waals surface area contributed by atoms with Crippen molar-refractivity contribution in [2.24, 2.45) is 0 Å². The second-order valence-electron chi connectivity index (χ2n) is 8.02. The van der Waals surface area contributed by atoms with E-state index in [1.54, 1.807) is 19.1 Å². The van der Waals surface area contributed by atoms with E-state index in [9.17, 15) is 35.9 Å². The zero-order valence-electron chi connectivity index (χ0n) is 19.8.